The van der Waals surface area contributed by atoms with Gasteiger partial charge in [0.1, 0.15) is 0 Å². The summed E-state index contributed by atoms with van der Waals surface area (Å²) < 4.78 is 43.1. The van der Waals surface area contributed by atoms with Gasteiger partial charge in [-0.3, -0.25) is 9.69 Å². The molecule has 0 radical (unpaired) electrons. The number of hydrogen-bond donors (Lipinski definition) is 0. The summed E-state index contributed by atoms with van der Waals surface area (Å²) in [7, 11) is 1.92. The van der Waals surface area contributed by atoms with E-state index >= 15 is 0 Å². The van der Waals surface area contributed by atoms with E-state index in [1.165, 1.54) is 23.3 Å². The number of hydrogen-bond acceptors (Lipinski definition) is 2. The number of halogens is 3. The second kappa shape index (κ2) is 12.1. The molecule has 1 fully saturated rings. The average molecular weight is 582 g/mol. The fourth-order valence-corrected chi connectivity index (χ4v) is 6.41. The van der Waals surface area contributed by atoms with E-state index in [-0.39, 0.29) is 18.4 Å². The molecule has 0 aliphatic carbocycles. The highest BCUT2D eigenvalue weighted by molar-refractivity contribution is 5.86. The van der Waals surface area contributed by atoms with E-state index in [1.807, 2.05) is 83.4 Å². The van der Waals surface area contributed by atoms with Crippen LogP contribution in [0, 0.1) is 0 Å². The molecule has 0 spiro atoms. The maximum Gasteiger partial charge on any atom is 0.416 e. The van der Waals surface area contributed by atoms with Gasteiger partial charge in [-0.2, -0.15) is 13.2 Å². The SMILES string of the molecule is Cn1cc(C(CC(=O)N2CCN(C(c3ccccc3)c3ccccc3)CC2)c2cccc(C(F)(F)F)c2)c2ccccc21. The number of alkyl halides is 3. The van der Waals surface area contributed by atoms with E-state index in [2.05, 4.69) is 29.2 Å². The summed E-state index contributed by atoms with van der Waals surface area (Å²) in [5, 5.41) is 0.943. The largest absolute Gasteiger partial charge is 0.416 e. The molecule has 1 unspecified atom stereocenters. The van der Waals surface area contributed by atoms with Crippen molar-refractivity contribution in [2.45, 2.75) is 24.6 Å². The zero-order valence-electron chi connectivity index (χ0n) is 24.0. The molecule has 2 heterocycles. The predicted molar refractivity (Wildman–Crippen MR) is 164 cm³/mol. The number of aromatic nitrogens is 1. The first-order valence-corrected chi connectivity index (χ1v) is 14.6. The van der Waals surface area contributed by atoms with Gasteiger partial charge < -0.3 is 9.47 Å². The number of piperazine rings is 1. The molecule has 1 aliphatic rings. The standard InChI is InChI=1S/C36H34F3N3O/c1-40-25-32(30-17-8-9-18-33(30)40)31(28-15-10-16-29(23-28)36(37,38)39)24-34(43)41-19-21-42(22-20-41)35(26-11-4-2-5-12-26)27-13-6-3-7-14-27/h2-18,23,25,31,35H,19-22,24H2,1H3. The van der Waals surface area contributed by atoms with Crippen LogP contribution in [0.1, 0.15) is 46.2 Å². The minimum atomic E-state index is -4.46. The molecular formula is C36H34F3N3O. The Morgan fingerprint density at radius 3 is 1.95 bits per heavy atom. The molecule has 1 amide bonds. The van der Waals surface area contributed by atoms with Crippen LogP contribution in [0.25, 0.3) is 10.9 Å². The molecule has 4 aromatic carbocycles. The van der Waals surface area contributed by atoms with Gasteiger partial charge in [-0.05, 0) is 34.4 Å². The minimum absolute atomic E-state index is 0.0500. The van der Waals surface area contributed by atoms with Crippen LogP contribution in [0.5, 0.6) is 0 Å². The smallest absolute Gasteiger partial charge is 0.350 e. The molecule has 5 aromatic rings. The lowest BCUT2D eigenvalue weighted by atomic mass is 9.87. The molecule has 0 bridgehead atoms. The van der Waals surface area contributed by atoms with Gasteiger partial charge in [-0.1, -0.05) is 97.1 Å². The van der Waals surface area contributed by atoms with E-state index in [9.17, 15) is 18.0 Å². The summed E-state index contributed by atoms with van der Waals surface area (Å²) in [6.07, 6.45) is -2.42. The third kappa shape index (κ3) is 6.09. The average Bonchev–Trinajstić information content (AvgIpc) is 3.37. The summed E-state index contributed by atoms with van der Waals surface area (Å²) in [5.41, 5.74) is 4.03. The van der Waals surface area contributed by atoms with Crippen molar-refractivity contribution in [3.63, 3.8) is 0 Å². The Hall–Kier alpha value is -4.36. The highest BCUT2D eigenvalue weighted by Crippen LogP contribution is 2.38. The first-order valence-electron chi connectivity index (χ1n) is 14.6. The second-order valence-corrected chi connectivity index (χ2v) is 11.2. The van der Waals surface area contributed by atoms with Crippen molar-refractivity contribution in [1.29, 1.82) is 0 Å². The molecular weight excluding hydrogens is 547 g/mol. The van der Waals surface area contributed by atoms with Crippen molar-refractivity contribution in [3.8, 4) is 0 Å². The molecule has 220 valence electrons. The quantitative estimate of drug-likeness (QED) is 0.198. The third-order valence-electron chi connectivity index (χ3n) is 8.56. The van der Waals surface area contributed by atoms with E-state index in [4.69, 9.17) is 0 Å². The van der Waals surface area contributed by atoms with Gasteiger partial charge in [0.05, 0.1) is 11.6 Å². The number of carbonyl (C=O) groups is 1. The van der Waals surface area contributed by atoms with Crippen LogP contribution in [-0.2, 0) is 18.0 Å². The molecule has 0 saturated carbocycles. The first kappa shape index (κ1) is 28.7. The summed E-state index contributed by atoms with van der Waals surface area (Å²) in [4.78, 5) is 18.2. The normalized spacial score (nSPS) is 15.2. The summed E-state index contributed by atoms with van der Waals surface area (Å²) in [6, 6.07) is 34.1. The molecule has 1 saturated heterocycles. The van der Waals surface area contributed by atoms with Gasteiger partial charge in [0, 0.05) is 62.7 Å². The molecule has 0 N–H and O–H groups in total. The maximum absolute atomic E-state index is 13.9. The number of benzene rings is 4. The number of amides is 1. The van der Waals surface area contributed by atoms with Gasteiger partial charge in [0.25, 0.3) is 0 Å². The molecule has 6 rings (SSSR count). The van der Waals surface area contributed by atoms with Gasteiger partial charge in [0.15, 0.2) is 0 Å². The number of fused-ring (bicyclic) bond motifs is 1. The highest BCUT2D eigenvalue weighted by atomic mass is 19.4. The van der Waals surface area contributed by atoms with E-state index in [1.54, 1.807) is 6.07 Å². The van der Waals surface area contributed by atoms with Crippen LogP contribution in [0.15, 0.2) is 115 Å². The number of carbonyl (C=O) groups excluding carboxylic acids is 1. The maximum atomic E-state index is 13.9. The van der Waals surface area contributed by atoms with Crippen molar-refractivity contribution in [3.05, 3.63) is 143 Å². The Labute approximate surface area is 250 Å². The van der Waals surface area contributed by atoms with Gasteiger partial charge >= 0.3 is 6.18 Å². The minimum Gasteiger partial charge on any atom is -0.350 e. The molecule has 4 nitrogen and oxygen atoms in total. The molecule has 1 aromatic heterocycles. The second-order valence-electron chi connectivity index (χ2n) is 11.2. The van der Waals surface area contributed by atoms with E-state index < -0.39 is 17.7 Å². The van der Waals surface area contributed by atoms with Crippen LogP contribution in [0.2, 0.25) is 0 Å². The van der Waals surface area contributed by atoms with Crippen molar-refractivity contribution in [2.75, 3.05) is 26.2 Å². The predicted octanol–water partition coefficient (Wildman–Crippen LogP) is 7.65. The van der Waals surface area contributed by atoms with Crippen molar-refractivity contribution in [2.24, 2.45) is 7.05 Å². The van der Waals surface area contributed by atoms with Crippen molar-refractivity contribution < 1.29 is 18.0 Å². The van der Waals surface area contributed by atoms with E-state index in [0.717, 1.165) is 22.5 Å². The first-order chi connectivity index (χ1) is 20.8. The zero-order valence-corrected chi connectivity index (χ0v) is 24.0. The Balaban J connectivity index is 1.26. The van der Waals surface area contributed by atoms with Crippen LogP contribution >= 0.6 is 0 Å². The fraction of sp³-hybridized carbons (Fsp3) is 0.250. The Bertz CT molecular complexity index is 1650. The van der Waals surface area contributed by atoms with Gasteiger partial charge in [0.2, 0.25) is 5.91 Å². The van der Waals surface area contributed by atoms with Crippen molar-refractivity contribution in [1.82, 2.24) is 14.4 Å². The summed E-state index contributed by atoms with van der Waals surface area (Å²) in [6.45, 7) is 2.51. The lowest BCUT2D eigenvalue weighted by Crippen LogP contribution is -2.50. The summed E-state index contributed by atoms with van der Waals surface area (Å²) in [5.74, 6) is -0.564. The lowest BCUT2D eigenvalue weighted by molar-refractivity contribution is -0.137. The monoisotopic (exact) mass is 581 g/mol. The van der Waals surface area contributed by atoms with Crippen LogP contribution in [-0.4, -0.2) is 46.5 Å². The number of rotatable bonds is 7. The molecule has 1 atom stereocenters. The Morgan fingerprint density at radius 2 is 1.33 bits per heavy atom. The number of nitrogens with zero attached hydrogens (tertiary/aromatic N) is 3. The zero-order chi connectivity index (χ0) is 30.0. The summed E-state index contributed by atoms with van der Waals surface area (Å²) >= 11 is 0. The Morgan fingerprint density at radius 1 is 0.744 bits per heavy atom. The number of para-hydroxylation sites is 1. The molecule has 1 aliphatic heterocycles. The topological polar surface area (TPSA) is 28.5 Å². The Kier molecular flexibility index (Phi) is 8.08. The van der Waals surface area contributed by atoms with Crippen molar-refractivity contribution >= 4 is 16.8 Å². The molecule has 7 heteroatoms. The number of aryl methyl sites for hydroxylation is 1. The highest BCUT2D eigenvalue weighted by Gasteiger charge is 2.33. The third-order valence-corrected chi connectivity index (χ3v) is 8.56. The van der Waals surface area contributed by atoms with Crippen LogP contribution in [0.4, 0.5) is 13.2 Å². The fourth-order valence-electron chi connectivity index (χ4n) is 6.41. The lowest BCUT2D eigenvalue weighted by Gasteiger charge is -2.40. The van der Waals surface area contributed by atoms with Gasteiger partial charge in [-0.25, -0.2) is 0 Å². The molecule has 43 heavy (non-hydrogen) atoms. The van der Waals surface area contributed by atoms with Crippen LogP contribution in [0.3, 0.4) is 0 Å². The van der Waals surface area contributed by atoms with Gasteiger partial charge in [-0.15, -0.1) is 0 Å². The van der Waals surface area contributed by atoms with Crippen LogP contribution < -0.4 is 0 Å². The van der Waals surface area contributed by atoms with E-state index in [0.29, 0.717) is 31.7 Å².